The Morgan fingerprint density at radius 3 is 2.47 bits per heavy atom. The number of nitrogens with two attached hydrogens (primary N) is 1. The molecule has 0 fully saturated rings. The highest BCUT2D eigenvalue weighted by molar-refractivity contribution is 7.14. The van der Waals surface area contributed by atoms with Crippen LogP contribution in [0.1, 0.15) is 46.4 Å². The molecule has 0 unspecified atom stereocenters. The lowest BCUT2D eigenvalue weighted by atomic mass is 10.1. The zero-order valence-electron chi connectivity index (χ0n) is 10.5. The second-order valence-electron chi connectivity index (χ2n) is 4.67. The number of hydrogen-bond acceptors (Lipinski definition) is 5. The summed E-state index contributed by atoms with van der Waals surface area (Å²) in [5.41, 5.74) is 6.16. The average Bonchev–Trinajstić information content (AvgIpc) is 2.52. The predicted octanol–water partition coefficient (Wildman–Crippen LogP) is 2.34. The van der Waals surface area contributed by atoms with E-state index in [2.05, 4.69) is 6.07 Å². The van der Waals surface area contributed by atoms with Crippen molar-refractivity contribution < 1.29 is 9.53 Å². The smallest absolute Gasteiger partial charge is 0.349 e. The van der Waals surface area contributed by atoms with E-state index in [9.17, 15) is 4.79 Å². The van der Waals surface area contributed by atoms with E-state index in [1.54, 1.807) is 6.92 Å². The summed E-state index contributed by atoms with van der Waals surface area (Å²) in [6, 6.07) is 2.08. The Balaban J connectivity index is 3.12. The van der Waals surface area contributed by atoms with Crippen LogP contribution >= 0.6 is 11.3 Å². The Morgan fingerprint density at radius 1 is 1.53 bits per heavy atom. The van der Waals surface area contributed by atoms with E-state index < -0.39 is 11.6 Å². The highest BCUT2D eigenvalue weighted by atomic mass is 32.1. The van der Waals surface area contributed by atoms with Gasteiger partial charge in [0.05, 0.1) is 5.56 Å². The van der Waals surface area contributed by atoms with Crippen molar-refractivity contribution in [1.29, 1.82) is 5.26 Å². The van der Waals surface area contributed by atoms with Crippen molar-refractivity contribution >= 4 is 17.3 Å². The Morgan fingerprint density at radius 2 is 2.12 bits per heavy atom. The van der Waals surface area contributed by atoms with Crippen molar-refractivity contribution in [2.24, 2.45) is 5.73 Å². The molecule has 0 aliphatic heterocycles. The van der Waals surface area contributed by atoms with Crippen LogP contribution in [0.5, 0.6) is 0 Å². The van der Waals surface area contributed by atoms with Gasteiger partial charge in [0.1, 0.15) is 16.5 Å². The fraction of sp³-hybridized carbons (Fsp3) is 0.500. The van der Waals surface area contributed by atoms with Crippen molar-refractivity contribution in [1.82, 2.24) is 0 Å². The first kappa shape index (κ1) is 13.7. The monoisotopic (exact) mass is 252 g/mol. The lowest BCUT2D eigenvalue weighted by Gasteiger charge is -2.19. The van der Waals surface area contributed by atoms with Gasteiger partial charge in [-0.05, 0) is 33.3 Å². The van der Waals surface area contributed by atoms with Crippen molar-refractivity contribution in [3.05, 3.63) is 20.9 Å². The predicted molar refractivity (Wildman–Crippen MR) is 66.8 cm³/mol. The van der Waals surface area contributed by atoms with E-state index in [-0.39, 0.29) is 6.54 Å². The lowest BCUT2D eigenvalue weighted by molar-refractivity contribution is 0.00745. The molecular formula is C12H16N2O2S. The minimum Gasteiger partial charge on any atom is -0.456 e. The number of rotatable bonds is 2. The van der Waals surface area contributed by atoms with Gasteiger partial charge in [-0.25, -0.2) is 4.79 Å². The topological polar surface area (TPSA) is 76.1 Å². The second-order valence-corrected chi connectivity index (χ2v) is 5.78. The Labute approximate surface area is 105 Å². The van der Waals surface area contributed by atoms with Crippen molar-refractivity contribution in [3.63, 3.8) is 0 Å². The molecule has 17 heavy (non-hydrogen) atoms. The van der Waals surface area contributed by atoms with E-state index in [4.69, 9.17) is 15.7 Å². The summed E-state index contributed by atoms with van der Waals surface area (Å²) >= 11 is 1.24. The molecule has 1 aromatic rings. The van der Waals surface area contributed by atoms with Crippen molar-refractivity contribution in [2.75, 3.05) is 0 Å². The summed E-state index contributed by atoms with van der Waals surface area (Å²) in [5, 5.41) is 9.01. The van der Waals surface area contributed by atoms with Crippen LogP contribution in [0.2, 0.25) is 0 Å². The van der Waals surface area contributed by atoms with Crippen LogP contribution in [0.3, 0.4) is 0 Å². The summed E-state index contributed by atoms with van der Waals surface area (Å²) in [5.74, 6) is -0.392. The minimum absolute atomic E-state index is 0.261. The molecule has 92 valence electrons. The summed E-state index contributed by atoms with van der Waals surface area (Å²) in [6.45, 7) is 7.43. The van der Waals surface area contributed by atoms with Gasteiger partial charge in [0.25, 0.3) is 0 Å². The third-order valence-electron chi connectivity index (χ3n) is 2.10. The van der Waals surface area contributed by atoms with E-state index in [0.717, 1.165) is 4.88 Å². The quantitative estimate of drug-likeness (QED) is 0.820. The van der Waals surface area contributed by atoms with Gasteiger partial charge in [-0.1, -0.05) is 0 Å². The van der Waals surface area contributed by atoms with Gasteiger partial charge in [0.2, 0.25) is 0 Å². The van der Waals surface area contributed by atoms with Gasteiger partial charge >= 0.3 is 5.97 Å². The maximum absolute atomic E-state index is 11.9. The number of nitrogens with zero attached hydrogens (tertiary/aromatic N) is 1. The molecule has 0 aliphatic carbocycles. The Bertz CT molecular complexity index is 478. The van der Waals surface area contributed by atoms with Gasteiger partial charge < -0.3 is 10.5 Å². The van der Waals surface area contributed by atoms with E-state index >= 15 is 0 Å². The van der Waals surface area contributed by atoms with Gasteiger partial charge in [-0.3, -0.25) is 0 Å². The number of esters is 1. The number of carbonyl (C=O) groups excluding carboxylic acids is 1. The molecular weight excluding hydrogens is 236 g/mol. The molecule has 0 amide bonds. The van der Waals surface area contributed by atoms with Gasteiger partial charge in [0.15, 0.2) is 0 Å². The molecule has 4 nitrogen and oxygen atoms in total. The van der Waals surface area contributed by atoms with Crippen LogP contribution in [0.4, 0.5) is 0 Å². The fourth-order valence-electron chi connectivity index (χ4n) is 1.38. The van der Waals surface area contributed by atoms with Gasteiger partial charge in [-0.15, -0.1) is 11.3 Å². The molecule has 0 bridgehead atoms. The zero-order valence-corrected chi connectivity index (χ0v) is 11.3. The normalized spacial score (nSPS) is 11.1. The van der Waals surface area contributed by atoms with E-state index in [1.165, 1.54) is 11.3 Å². The first-order chi connectivity index (χ1) is 7.80. The molecule has 0 saturated carbocycles. The van der Waals surface area contributed by atoms with Crippen LogP contribution < -0.4 is 5.73 Å². The largest absolute Gasteiger partial charge is 0.456 e. The SMILES string of the molecule is Cc1c(C(=O)OC(C)(C)C)sc(CN)c1C#N. The highest BCUT2D eigenvalue weighted by Gasteiger charge is 2.24. The van der Waals surface area contributed by atoms with Crippen LogP contribution in [-0.4, -0.2) is 11.6 Å². The van der Waals surface area contributed by atoms with E-state index in [0.29, 0.717) is 16.0 Å². The van der Waals surface area contributed by atoms with Crippen molar-refractivity contribution in [2.45, 2.75) is 39.8 Å². The van der Waals surface area contributed by atoms with Gasteiger partial charge in [0, 0.05) is 11.4 Å². The number of hydrogen-bond donors (Lipinski definition) is 1. The van der Waals surface area contributed by atoms with E-state index in [1.807, 2.05) is 20.8 Å². The number of carbonyl (C=O) groups is 1. The molecule has 0 spiro atoms. The number of thiophene rings is 1. The standard InChI is InChI=1S/C12H16N2O2S/c1-7-8(5-13)9(6-14)17-10(7)11(15)16-12(2,3)4/h6,14H2,1-4H3. The maximum atomic E-state index is 11.9. The third kappa shape index (κ3) is 3.05. The summed E-state index contributed by atoms with van der Waals surface area (Å²) < 4.78 is 5.28. The molecule has 5 heteroatoms. The number of nitriles is 1. The molecule has 0 aliphatic rings. The lowest BCUT2D eigenvalue weighted by Crippen LogP contribution is -2.23. The summed E-state index contributed by atoms with van der Waals surface area (Å²) in [4.78, 5) is 13.1. The van der Waals surface area contributed by atoms with Crippen LogP contribution in [0.25, 0.3) is 0 Å². The first-order valence-electron chi connectivity index (χ1n) is 5.26. The van der Waals surface area contributed by atoms with Crippen LogP contribution in [0.15, 0.2) is 0 Å². The summed E-state index contributed by atoms with van der Waals surface area (Å²) in [6.07, 6.45) is 0. The number of ether oxygens (including phenoxy) is 1. The average molecular weight is 252 g/mol. The molecule has 0 aromatic carbocycles. The molecule has 1 rings (SSSR count). The molecule has 0 saturated heterocycles. The fourth-order valence-corrected chi connectivity index (χ4v) is 2.39. The van der Waals surface area contributed by atoms with Crippen LogP contribution in [0, 0.1) is 18.3 Å². The first-order valence-corrected chi connectivity index (χ1v) is 6.07. The highest BCUT2D eigenvalue weighted by Crippen LogP contribution is 2.29. The third-order valence-corrected chi connectivity index (χ3v) is 3.40. The second kappa shape index (κ2) is 4.86. The van der Waals surface area contributed by atoms with Crippen LogP contribution in [-0.2, 0) is 11.3 Å². The molecule has 0 atom stereocenters. The molecule has 0 radical (unpaired) electrons. The molecule has 1 heterocycles. The maximum Gasteiger partial charge on any atom is 0.349 e. The molecule has 1 aromatic heterocycles. The zero-order chi connectivity index (χ0) is 13.2. The Hall–Kier alpha value is -1.38. The van der Waals surface area contributed by atoms with Gasteiger partial charge in [-0.2, -0.15) is 5.26 Å². The van der Waals surface area contributed by atoms with Crippen molar-refractivity contribution in [3.8, 4) is 6.07 Å². The molecule has 2 N–H and O–H groups in total. The summed E-state index contributed by atoms with van der Waals surface area (Å²) in [7, 11) is 0. The Kier molecular flexibility index (Phi) is 3.91. The minimum atomic E-state index is -0.538.